The first kappa shape index (κ1) is 12.9. The van der Waals surface area contributed by atoms with Crippen molar-refractivity contribution >= 4 is 11.9 Å². The van der Waals surface area contributed by atoms with Gasteiger partial charge < -0.3 is 14.8 Å². The van der Waals surface area contributed by atoms with Crippen molar-refractivity contribution in [3.8, 4) is 0 Å². The first-order chi connectivity index (χ1) is 8.97. The third-order valence-corrected chi connectivity index (χ3v) is 2.57. The van der Waals surface area contributed by atoms with Gasteiger partial charge in [0.2, 0.25) is 0 Å². The minimum absolute atomic E-state index is 0.285. The summed E-state index contributed by atoms with van der Waals surface area (Å²) in [6, 6.07) is 0.397. The van der Waals surface area contributed by atoms with Crippen LogP contribution >= 0.6 is 0 Å². The highest BCUT2D eigenvalue weighted by atomic mass is 16.4. The van der Waals surface area contributed by atoms with Gasteiger partial charge >= 0.3 is 5.97 Å². The Morgan fingerprint density at radius 1 is 1.53 bits per heavy atom. The molecule has 0 saturated carbocycles. The summed E-state index contributed by atoms with van der Waals surface area (Å²) in [5, 5.41) is 15.5. The van der Waals surface area contributed by atoms with E-state index >= 15 is 0 Å². The molecule has 7 heteroatoms. The lowest BCUT2D eigenvalue weighted by Gasteiger charge is -2.11. The second kappa shape index (κ2) is 4.97. The van der Waals surface area contributed by atoms with E-state index in [4.69, 9.17) is 9.52 Å². The fraction of sp³-hybridized carbons (Fsp3) is 0.250. The number of nitrogens with one attached hydrogen (secondary N) is 1. The molecule has 0 radical (unpaired) electrons. The number of aromatic nitrogens is 2. The molecule has 0 aliphatic heterocycles. The summed E-state index contributed by atoms with van der Waals surface area (Å²) in [4.78, 5) is 23.1. The van der Waals surface area contributed by atoms with Gasteiger partial charge in [0, 0.05) is 18.8 Å². The summed E-state index contributed by atoms with van der Waals surface area (Å²) < 4.78 is 6.48. The summed E-state index contributed by atoms with van der Waals surface area (Å²) in [7, 11) is 1.67. The van der Waals surface area contributed by atoms with Crippen molar-refractivity contribution < 1.29 is 19.1 Å². The smallest absolute Gasteiger partial charge is 0.331 e. The zero-order valence-electron chi connectivity index (χ0n) is 10.5. The van der Waals surface area contributed by atoms with Crippen molar-refractivity contribution in [2.45, 2.75) is 13.0 Å². The van der Waals surface area contributed by atoms with Gasteiger partial charge in [-0.1, -0.05) is 0 Å². The molecule has 2 heterocycles. The molecule has 1 amide bonds. The lowest BCUT2D eigenvalue weighted by Crippen LogP contribution is -2.33. The van der Waals surface area contributed by atoms with Gasteiger partial charge in [-0.05, 0) is 13.0 Å². The number of nitrogens with zero attached hydrogens (tertiary/aromatic N) is 2. The Balaban J connectivity index is 2.18. The first-order valence-electron chi connectivity index (χ1n) is 5.54. The third kappa shape index (κ3) is 2.82. The normalized spacial score (nSPS) is 12.1. The van der Waals surface area contributed by atoms with E-state index in [-0.39, 0.29) is 5.56 Å². The van der Waals surface area contributed by atoms with Crippen molar-refractivity contribution in [3.63, 3.8) is 0 Å². The van der Waals surface area contributed by atoms with E-state index in [1.165, 1.54) is 23.2 Å². The van der Waals surface area contributed by atoms with Crippen LogP contribution in [0.15, 0.2) is 29.1 Å². The highest BCUT2D eigenvalue weighted by Crippen LogP contribution is 2.14. The third-order valence-electron chi connectivity index (χ3n) is 2.57. The average molecular weight is 263 g/mol. The van der Waals surface area contributed by atoms with Gasteiger partial charge in [-0.25, -0.2) is 4.79 Å². The van der Waals surface area contributed by atoms with Crippen LogP contribution in [0, 0.1) is 6.92 Å². The van der Waals surface area contributed by atoms with Gasteiger partial charge in [-0.15, -0.1) is 0 Å². The topological polar surface area (TPSA) is 97.4 Å². The molecule has 1 unspecified atom stereocenters. The summed E-state index contributed by atoms with van der Waals surface area (Å²) in [5.41, 5.74) is 0.691. The number of aryl methyl sites for hydroxylation is 2. The summed E-state index contributed by atoms with van der Waals surface area (Å²) in [6.45, 7) is 1.70. The second-order valence-electron chi connectivity index (χ2n) is 4.14. The lowest BCUT2D eigenvalue weighted by molar-refractivity contribution is -0.139. The highest BCUT2D eigenvalue weighted by Gasteiger charge is 2.24. The molecule has 0 aliphatic rings. The molecule has 2 aromatic heterocycles. The zero-order valence-corrected chi connectivity index (χ0v) is 10.5. The summed E-state index contributed by atoms with van der Waals surface area (Å²) >= 11 is 0. The Morgan fingerprint density at radius 2 is 2.26 bits per heavy atom. The summed E-state index contributed by atoms with van der Waals surface area (Å²) in [6.07, 6.45) is 4.23. The first-order valence-corrected chi connectivity index (χ1v) is 5.54. The molecule has 0 fully saturated rings. The zero-order chi connectivity index (χ0) is 14.0. The number of carbonyl (C=O) groups is 2. The van der Waals surface area contributed by atoms with Gasteiger partial charge in [0.05, 0.1) is 11.8 Å². The van der Waals surface area contributed by atoms with Gasteiger partial charge in [0.15, 0.2) is 6.04 Å². The molecule has 0 spiro atoms. The molecular formula is C12H13N3O4. The average Bonchev–Trinajstić information content (AvgIpc) is 2.94. The van der Waals surface area contributed by atoms with E-state index in [2.05, 4.69) is 10.4 Å². The predicted molar refractivity (Wildman–Crippen MR) is 64.5 cm³/mol. The van der Waals surface area contributed by atoms with Crippen LogP contribution in [-0.2, 0) is 11.8 Å². The molecule has 2 aromatic rings. The monoisotopic (exact) mass is 263 g/mol. The van der Waals surface area contributed by atoms with Crippen molar-refractivity contribution in [2.75, 3.05) is 0 Å². The van der Waals surface area contributed by atoms with Crippen LogP contribution in [0.4, 0.5) is 0 Å². The van der Waals surface area contributed by atoms with E-state index in [9.17, 15) is 9.59 Å². The largest absolute Gasteiger partial charge is 0.479 e. The predicted octanol–water partition coefficient (Wildman–Crippen LogP) is 0.877. The van der Waals surface area contributed by atoms with Crippen LogP contribution in [0.25, 0.3) is 0 Å². The Morgan fingerprint density at radius 3 is 2.74 bits per heavy atom. The quantitative estimate of drug-likeness (QED) is 0.853. The van der Waals surface area contributed by atoms with Crippen molar-refractivity contribution in [3.05, 3.63) is 41.6 Å². The maximum Gasteiger partial charge on any atom is 0.331 e. The van der Waals surface area contributed by atoms with Crippen LogP contribution in [0.5, 0.6) is 0 Å². The second-order valence-corrected chi connectivity index (χ2v) is 4.14. The molecular weight excluding hydrogens is 250 g/mol. The Hall–Kier alpha value is -2.57. The molecule has 0 aromatic carbocycles. The standard InChI is InChI=1S/C12H13N3O4/c1-7-3-8(6-19-7)11(16)14-10(12(17)18)9-4-13-15(2)5-9/h3-6,10H,1-2H3,(H,14,16)(H,17,18). The van der Waals surface area contributed by atoms with Crippen LogP contribution in [-0.4, -0.2) is 26.8 Å². The summed E-state index contributed by atoms with van der Waals surface area (Å²) in [5.74, 6) is -1.08. The number of hydrogen-bond donors (Lipinski definition) is 2. The number of rotatable bonds is 4. The van der Waals surface area contributed by atoms with Crippen LogP contribution in [0.1, 0.15) is 27.7 Å². The number of aliphatic carboxylic acids is 1. The van der Waals surface area contributed by atoms with Crippen molar-refractivity contribution in [2.24, 2.45) is 7.05 Å². The molecule has 7 nitrogen and oxygen atoms in total. The van der Waals surface area contributed by atoms with E-state index in [0.717, 1.165) is 0 Å². The van der Waals surface area contributed by atoms with E-state index in [1.54, 1.807) is 20.2 Å². The number of carboxylic acid groups (broad SMARTS) is 1. The Bertz CT molecular complexity index is 614. The SMILES string of the molecule is Cc1cc(C(=O)NC(C(=O)O)c2cnn(C)c2)co1. The maximum atomic E-state index is 11.9. The van der Waals surface area contributed by atoms with E-state index < -0.39 is 17.9 Å². The van der Waals surface area contributed by atoms with Crippen molar-refractivity contribution in [1.29, 1.82) is 0 Å². The molecule has 1 atom stereocenters. The molecule has 0 bridgehead atoms. The molecule has 2 rings (SSSR count). The molecule has 100 valence electrons. The minimum atomic E-state index is -1.15. The van der Waals surface area contributed by atoms with Gasteiger partial charge in [-0.3, -0.25) is 9.48 Å². The number of amides is 1. The molecule has 0 aliphatic carbocycles. The van der Waals surface area contributed by atoms with Crippen LogP contribution in [0.3, 0.4) is 0 Å². The highest BCUT2D eigenvalue weighted by molar-refractivity contribution is 5.96. The fourth-order valence-corrected chi connectivity index (χ4v) is 1.65. The van der Waals surface area contributed by atoms with Crippen LogP contribution < -0.4 is 5.32 Å². The maximum absolute atomic E-state index is 11.9. The lowest BCUT2D eigenvalue weighted by atomic mass is 10.1. The number of furan rings is 1. The van der Waals surface area contributed by atoms with Crippen LogP contribution in [0.2, 0.25) is 0 Å². The van der Waals surface area contributed by atoms with Gasteiger partial charge in [0.1, 0.15) is 12.0 Å². The van der Waals surface area contributed by atoms with Gasteiger partial charge in [-0.2, -0.15) is 5.10 Å². The van der Waals surface area contributed by atoms with Crippen molar-refractivity contribution in [1.82, 2.24) is 15.1 Å². The molecule has 19 heavy (non-hydrogen) atoms. The number of carbonyl (C=O) groups excluding carboxylic acids is 1. The molecule has 0 saturated heterocycles. The number of hydrogen-bond acceptors (Lipinski definition) is 4. The minimum Gasteiger partial charge on any atom is -0.479 e. The Labute approximate surface area is 108 Å². The van der Waals surface area contributed by atoms with E-state index in [0.29, 0.717) is 11.3 Å². The fourth-order valence-electron chi connectivity index (χ4n) is 1.65. The van der Waals surface area contributed by atoms with E-state index in [1.807, 2.05) is 0 Å². The Kier molecular flexibility index (Phi) is 3.37. The van der Waals surface area contributed by atoms with Gasteiger partial charge in [0.25, 0.3) is 5.91 Å². The molecule has 2 N–H and O–H groups in total. The number of carboxylic acids is 1.